The lowest BCUT2D eigenvalue weighted by molar-refractivity contribution is -0.112. The first-order valence-corrected chi connectivity index (χ1v) is 10.7. The highest BCUT2D eigenvalue weighted by molar-refractivity contribution is 7.14. The first-order chi connectivity index (χ1) is 14.6. The molecule has 0 fully saturated rings. The summed E-state index contributed by atoms with van der Waals surface area (Å²) in [6.45, 7) is 2.78. The van der Waals surface area contributed by atoms with Crippen LogP contribution in [0.1, 0.15) is 25.3 Å². The molecule has 3 aromatic rings. The first-order valence-electron chi connectivity index (χ1n) is 9.46. The monoisotopic (exact) mass is 437 g/mol. The van der Waals surface area contributed by atoms with Gasteiger partial charge in [-0.3, -0.25) is 10.1 Å². The highest BCUT2D eigenvalue weighted by atomic mass is 35.5. The maximum absolute atomic E-state index is 12.5. The molecule has 0 atom stereocenters. The van der Waals surface area contributed by atoms with Gasteiger partial charge in [-0.1, -0.05) is 49.2 Å². The Bertz CT molecular complexity index is 1070. The van der Waals surface area contributed by atoms with Gasteiger partial charge in [0.15, 0.2) is 5.13 Å². The van der Waals surface area contributed by atoms with E-state index >= 15 is 0 Å². The SMILES string of the molecule is CCCCOc1ccc(/C=C(\C#N)C(=O)Nc2nc(-c3ccc(Cl)cc3)cs2)cc1. The summed E-state index contributed by atoms with van der Waals surface area (Å²) in [6, 6.07) is 16.5. The molecule has 0 spiro atoms. The fourth-order valence-corrected chi connectivity index (χ4v) is 3.40. The second kappa shape index (κ2) is 10.6. The van der Waals surface area contributed by atoms with E-state index in [-0.39, 0.29) is 5.57 Å². The van der Waals surface area contributed by atoms with Gasteiger partial charge in [-0.15, -0.1) is 11.3 Å². The zero-order valence-electron chi connectivity index (χ0n) is 16.4. The molecule has 0 aliphatic rings. The van der Waals surface area contributed by atoms with Gasteiger partial charge in [-0.2, -0.15) is 5.26 Å². The minimum atomic E-state index is -0.502. The Balaban J connectivity index is 1.66. The number of halogens is 1. The molecular weight excluding hydrogens is 418 g/mol. The average Bonchev–Trinajstić information content (AvgIpc) is 3.22. The molecule has 0 radical (unpaired) electrons. The van der Waals surface area contributed by atoms with E-state index in [1.807, 2.05) is 47.8 Å². The van der Waals surface area contributed by atoms with Crippen LogP contribution in [0.4, 0.5) is 5.13 Å². The molecule has 152 valence electrons. The summed E-state index contributed by atoms with van der Waals surface area (Å²) in [5.41, 5.74) is 2.37. The minimum Gasteiger partial charge on any atom is -0.494 e. The number of carbonyl (C=O) groups is 1. The first kappa shape index (κ1) is 21.6. The van der Waals surface area contributed by atoms with Crippen molar-refractivity contribution < 1.29 is 9.53 Å². The third-order valence-electron chi connectivity index (χ3n) is 4.19. The van der Waals surface area contributed by atoms with Gasteiger partial charge in [0.1, 0.15) is 17.4 Å². The van der Waals surface area contributed by atoms with Gasteiger partial charge >= 0.3 is 0 Å². The zero-order chi connectivity index (χ0) is 21.3. The van der Waals surface area contributed by atoms with E-state index in [1.54, 1.807) is 18.2 Å². The van der Waals surface area contributed by atoms with Gasteiger partial charge in [-0.25, -0.2) is 4.98 Å². The number of amides is 1. The summed E-state index contributed by atoms with van der Waals surface area (Å²) < 4.78 is 5.63. The van der Waals surface area contributed by atoms with Crippen molar-refractivity contribution in [3.63, 3.8) is 0 Å². The largest absolute Gasteiger partial charge is 0.494 e. The molecule has 0 saturated heterocycles. The van der Waals surface area contributed by atoms with Crippen molar-refractivity contribution in [1.82, 2.24) is 4.98 Å². The van der Waals surface area contributed by atoms with E-state index in [0.29, 0.717) is 16.8 Å². The number of aromatic nitrogens is 1. The molecule has 0 aliphatic heterocycles. The molecule has 0 aliphatic carbocycles. The van der Waals surface area contributed by atoms with Crippen molar-refractivity contribution in [2.75, 3.05) is 11.9 Å². The van der Waals surface area contributed by atoms with E-state index in [0.717, 1.165) is 35.4 Å². The van der Waals surface area contributed by atoms with Crippen LogP contribution in [0.3, 0.4) is 0 Å². The van der Waals surface area contributed by atoms with Gasteiger partial charge in [0.25, 0.3) is 5.91 Å². The van der Waals surface area contributed by atoms with Crippen LogP contribution in [0.2, 0.25) is 5.02 Å². The van der Waals surface area contributed by atoms with E-state index in [4.69, 9.17) is 16.3 Å². The molecule has 1 N–H and O–H groups in total. The van der Waals surface area contributed by atoms with Crippen molar-refractivity contribution in [2.24, 2.45) is 0 Å². The third kappa shape index (κ3) is 5.93. The summed E-state index contributed by atoms with van der Waals surface area (Å²) >= 11 is 7.20. The molecular formula is C23H20ClN3O2S. The van der Waals surface area contributed by atoms with Gasteiger partial charge in [-0.05, 0) is 42.3 Å². The number of nitrogens with zero attached hydrogens (tertiary/aromatic N) is 2. The number of hydrogen-bond donors (Lipinski definition) is 1. The van der Waals surface area contributed by atoms with Gasteiger partial charge in [0, 0.05) is 16.0 Å². The van der Waals surface area contributed by atoms with Crippen molar-refractivity contribution in [2.45, 2.75) is 19.8 Å². The molecule has 0 unspecified atom stereocenters. The number of nitrogens with one attached hydrogen (secondary N) is 1. The predicted molar refractivity (Wildman–Crippen MR) is 122 cm³/mol. The lowest BCUT2D eigenvalue weighted by atomic mass is 10.1. The maximum atomic E-state index is 12.5. The third-order valence-corrected chi connectivity index (χ3v) is 5.20. The Morgan fingerprint density at radius 2 is 1.97 bits per heavy atom. The Hall–Kier alpha value is -3.14. The smallest absolute Gasteiger partial charge is 0.268 e. The van der Waals surface area contributed by atoms with E-state index in [1.165, 1.54) is 11.3 Å². The van der Waals surface area contributed by atoms with E-state index in [9.17, 15) is 10.1 Å². The van der Waals surface area contributed by atoms with Crippen molar-refractivity contribution in [1.29, 1.82) is 5.26 Å². The number of anilines is 1. The Labute approximate surface area is 184 Å². The normalized spacial score (nSPS) is 11.0. The summed E-state index contributed by atoms with van der Waals surface area (Å²) in [6.07, 6.45) is 3.61. The van der Waals surface area contributed by atoms with Gasteiger partial charge < -0.3 is 4.74 Å². The minimum absolute atomic E-state index is 0.00195. The average molecular weight is 438 g/mol. The molecule has 0 bridgehead atoms. The van der Waals surface area contributed by atoms with Gasteiger partial charge in [0.2, 0.25) is 0 Å². The molecule has 1 amide bonds. The number of thiazole rings is 1. The molecule has 1 heterocycles. The fraction of sp³-hybridized carbons (Fsp3) is 0.174. The highest BCUT2D eigenvalue weighted by Crippen LogP contribution is 2.26. The summed E-state index contributed by atoms with van der Waals surface area (Å²) in [5, 5.41) is 15.0. The number of benzene rings is 2. The van der Waals surface area contributed by atoms with Crippen LogP contribution >= 0.6 is 22.9 Å². The van der Waals surface area contributed by atoms with Crippen molar-refractivity contribution in [3.8, 4) is 23.1 Å². The number of rotatable bonds is 8. The Morgan fingerprint density at radius 1 is 1.23 bits per heavy atom. The van der Waals surface area contributed by atoms with Crippen LogP contribution in [0, 0.1) is 11.3 Å². The quantitative estimate of drug-likeness (QED) is 0.259. The van der Waals surface area contributed by atoms with Crippen LogP contribution in [-0.2, 0) is 4.79 Å². The standard InChI is InChI=1S/C23H20ClN3O2S/c1-2-3-12-29-20-10-4-16(5-11-20)13-18(14-25)22(28)27-23-26-21(15-30-23)17-6-8-19(24)9-7-17/h4-11,13,15H,2-3,12H2,1H3,(H,26,27,28)/b18-13+. The van der Waals surface area contributed by atoms with Gasteiger partial charge in [0.05, 0.1) is 12.3 Å². The number of hydrogen-bond acceptors (Lipinski definition) is 5. The highest BCUT2D eigenvalue weighted by Gasteiger charge is 2.12. The molecule has 1 aromatic heterocycles. The summed E-state index contributed by atoms with van der Waals surface area (Å²) in [7, 11) is 0. The number of ether oxygens (including phenoxy) is 1. The van der Waals surface area contributed by atoms with Crippen LogP contribution in [0.15, 0.2) is 59.5 Å². The lowest BCUT2D eigenvalue weighted by Gasteiger charge is -2.05. The van der Waals surface area contributed by atoms with Crippen LogP contribution in [0.5, 0.6) is 5.75 Å². The molecule has 7 heteroatoms. The topological polar surface area (TPSA) is 75.0 Å². The number of carbonyl (C=O) groups excluding carboxylic acids is 1. The summed E-state index contributed by atoms with van der Waals surface area (Å²) in [4.78, 5) is 16.9. The molecule has 2 aromatic carbocycles. The van der Waals surface area contributed by atoms with Crippen LogP contribution in [-0.4, -0.2) is 17.5 Å². The van der Waals surface area contributed by atoms with Crippen molar-refractivity contribution >= 4 is 40.1 Å². The summed E-state index contributed by atoms with van der Waals surface area (Å²) in [5.74, 6) is 0.263. The molecule has 5 nitrogen and oxygen atoms in total. The van der Waals surface area contributed by atoms with Crippen molar-refractivity contribution in [3.05, 3.63) is 70.1 Å². The lowest BCUT2D eigenvalue weighted by Crippen LogP contribution is -2.13. The zero-order valence-corrected chi connectivity index (χ0v) is 18.0. The van der Waals surface area contributed by atoms with Crippen LogP contribution < -0.4 is 10.1 Å². The number of unbranched alkanes of at least 4 members (excludes halogenated alkanes) is 1. The Morgan fingerprint density at radius 3 is 2.63 bits per heavy atom. The van der Waals surface area contributed by atoms with E-state index in [2.05, 4.69) is 17.2 Å². The second-order valence-electron chi connectivity index (χ2n) is 6.44. The molecule has 30 heavy (non-hydrogen) atoms. The Kier molecular flexibility index (Phi) is 7.61. The van der Waals surface area contributed by atoms with Crippen LogP contribution in [0.25, 0.3) is 17.3 Å². The molecule has 3 rings (SSSR count). The van der Waals surface area contributed by atoms with E-state index < -0.39 is 5.91 Å². The molecule has 0 saturated carbocycles. The number of nitriles is 1. The predicted octanol–water partition coefficient (Wildman–Crippen LogP) is 6.19. The fourth-order valence-electron chi connectivity index (χ4n) is 2.56. The second-order valence-corrected chi connectivity index (χ2v) is 7.73. The maximum Gasteiger partial charge on any atom is 0.268 e.